The number of anilines is 1. The first kappa shape index (κ1) is 24.9. The van der Waals surface area contributed by atoms with Crippen molar-refractivity contribution in [1.82, 2.24) is 15.1 Å². The van der Waals surface area contributed by atoms with Crippen LogP contribution in [0.1, 0.15) is 34.8 Å². The van der Waals surface area contributed by atoms with Gasteiger partial charge in [-0.25, -0.2) is 0 Å². The molecule has 4 rings (SSSR count). The van der Waals surface area contributed by atoms with Crippen molar-refractivity contribution >= 4 is 11.5 Å². The molecule has 2 aromatic carbocycles. The third kappa shape index (κ3) is 5.69. The fraction of sp³-hybridized carbons (Fsp3) is 0.536. The number of carbonyl (C=O) groups is 1. The predicted molar refractivity (Wildman–Crippen MR) is 139 cm³/mol. The van der Waals surface area contributed by atoms with Crippen molar-refractivity contribution in [3.8, 4) is 0 Å². The van der Waals surface area contributed by atoms with Crippen molar-refractivity contribution < 1.29 is 9.53 Å². The average molecular weight is 465 g/mol. The zero-order valence-corrected chi connectivity index (χ0v) is 21.1. The van der Waals surface area contributed by atoms with E-state index >= 15 is 0 Å². The lowest BCUT2D eigenvalue weighted by molar-refractivity contribution is 0.0342. The maximum absolute atomic E-state index is 13.9. The molecule has 0 aromatic heterocycles. The van der Waals surface area contributed by atoms with E-state index in [2.05, 4.69) is 63.3 Å². The standard InChI is InChI=1S/C28H40N4O2/c1-4-28(30(2)3,21-23-5-7-24(8-6-23)22-31-17-19-34-20-18-31)27(33)25-9-11-26(12-10-25)32-15-13-29-14-16-32/h5-12,29H,4,13-22H2,1-3H3. The Morgan fingerprint density at radius 1 is 0.941 bits per heavy atom. The molecule has 34 heavy (non-hydrogen) atoms. The van der Waals surface area contributed by atoms with E-state index < -0.39 is 5.54 Å². The van der Waals surface area contributed by atoms with E-state index in [1.54, 1.807) is 0 Å². The van der Waals surface area contributed by atoms with Gasteiger partial charge in [0.05, 0.1) is 18.8 Å². The highest BCUT2D eigenvalue weighted by Gasteiger charge is 2.39. The summed E-state index contributed by atoms with van der Waals surface area (Å²) in [4.78, 5) is 20.8. The first-order chi connectivity index (χ1) is 16.5. The summed E-state index contributed by atoms with van der Waals surface area (Å²) < 4.78 is 5.46. The third-order valence-electron chi connectivity index (χ3n) is 7.50. The van der Waals surface area contributed by atoms with E-state index in [1.165, 1.54) is 16.8 Å². The largest absolute Gasteiger partial charge is 0.379 e. The minimum atomic E-state index is -0.567. The summed E-state index contributed by atoms with van der Waals surface area (Å²) in [5.74, 6) is 0.198. The highest BCUT2D eigenvalue weighted by Crippen LogP contribution is 2.29. The quantitative estimate of drug-likeness (QED) is 0.576. The van der Waals surface area contributed by atoms with Crippen LogP contribution >= 0.6 is 0 Å². The molecular weight excluding hydrogens is 424 g/mol. The van der Waals surface area contributed by atoms with Crippen molar-refractivity contribution in [2.45, 2.75) is 31.8 Å². The summed E-state index contributed by atoms with van der Waals surface area (Å²) >= 11 is 0. The molecule has 0 radical (unpaired) electrons. The highest BCUT2D eigenvalue weighted by atomic mass is 16.5. The lowest BCUT2D eigenvalue weighted by Gasteiger charge is -2.38. The summed E-state index contributed by atoms with van der Waals surface area (Å²) in [7, 11) is 4.06. The van der Waals surface area contributed by atoms with Crippen LogP contribution in [0.5, 0.6) is 0 Å². The van der Waals surface area contributed by atoms with Crippen LogP contribution in [0.2, 0.25) is 0 Å². The van der Waals surface area contributed by atoms with Gasteiger partial charge in [-0.05, 0) is 62.3 Å². The van der Waals surface area contributed by atoms with Crippen LogP contribution in [0.3, 0.4) is 0 Å². The number of morpholine rings is 1. The van der Waals surface area contributed by atoms with Gasteiger partial charge in [-0.3, -0.25) is 14.6 Å². The monoisotopic (exact) mass is 464 g/mol. The van der Waals surface area contributed by atoms with Gasteiger partial charge in [0.2, 0.25) is 0 Å². The van der Waals surface area contributed by atoms with Crippen LogP contribution in [0, 0.1) is 0 Å². The molecule has 1 N–H and O–H groups in total. The molecule has 0 amide bonds. The average Bonchev–Trinajstić information content (AvgIpc) is 2.89. The summed E-state index contributed by atoms with van der Waals surface area (Å²) in [6.45, 7) is 10.7. The number of carbonyl (C=O) groups excluding carboxylic acids is 1. The van der Waals surface area contributed by atoms with E-state index in [0.717, 1.165) is 71.0 Å². The molecule has 1 unspecified atom stereocenters. The molecule has 2 fully saturated rings. The first-order valence-corrected chi connectivity index (χ1v) is 12.7. The molecule has 184 valence electrons. The maximum Gasteiger partial charge on any atom is 0.183 e. The van der Waals surface area contributed by atoms with Crippen molar-refractivity contribution in [1.29, 1.82) is 0 Å². The summed E-state index contributed by atoms with van der Waals surface area (Å²) in [5, 5.41) is 3.39. The van der Waals surface area contributed by atoms with Crippen molar-refractivity contribution in [3.05, 3.63) is 65.2 Å². The molecule has 2 saturated heterocycles. The number of nitrogens with one attached hydrogen (secondary N) is 1. The molecule has 0 bridgehead atoms. The third-order valence-corrected chi connectivity index (χ3v) is 7.50. The number of hydrogen-bond donors (Lipinski definition) is 1. The van der Waals surface area contributed by atoms with E-state index in [1.807, 2.05) is 26.2 Å². The fourth-order valence-corrected chi connectivity index (χ4v) is 5.18. The normalized spacial score (nSPS) is 19.2. The predicted octanol–water partition coefficient (Wildman–Crippen LogP) is 3.06. The molecule has 2 aliphatic heterocycles. The minimum Gasteiger partial charge on any atom is -0.379 e. The van der Waals surface area contributed by atoms with Gasteiger partial charge in [0.25, 0.3) is 0 Å². The zero-order valence-electron chi connectivity index (χ0n) is 21.1. The Balaban J connectivity index is 1.48. The Kier molecular flexibility index (Phi) is 8.37. The number of likely N-dealkylation sites (N-methyl/N-ethyl adjacent to an activating group) is 1. The molecule has 0 saturated carbocycles. The number of piperazine rings is 1. The van der Waals surface area contributed by atoms with Crippen LogP contribution in [0.15, 0.2) is 48.5 Å². The van der Waals surface area contributed by atoms with Gasteiger partial charge in [-0.2, -0.15) is 0 Å². The molecular formula is C28H40N4O2. The lowest BCUT2D eigenvalue weighted by atomic mass is 9.80. The molecule has 6 nitrogen and oxygen atoms in total. The van der Waals surface area contributed by atoms with E-state index in [-0.39, 0.29) is 5.78 Å². The lowest BCUT2D eigenvalue weighted by Crippen LogP contribution is -2.52. The van der Waals surface area contributed by atoms with Gasteiger partial charge < -0.3 is 15.0 Å². The molecule has 2 aliphatic rings. The number of Topliss-reactive ketones (excluding diaryl/α,β-unsaturated/α-hetero) is 1. The second-order valence-corrected chi connectivity index (χ2v) is 9.77. The van der Waals surface area contributed by atoms with Crippen LogP contribution in [-0.2, 0) is 17.7 Å². The van der Waals surface area contributed by atoms with Crippen LogP contribution in [0.4, 0.5) is 5.69 Å². The number of ether oxygens (including phenoxy) is 1. The molecule has 2 aromatic rings. The SMILES string of the molecule is CCC(Cc1ccc(CN2CCOCC2)cc1)(C(=O)c1ccc(N2CCNCC2)cc1)N(C)C. The van der Waals surface area contributed by atoms with Crippen molar-refractivity contribution in [2.24, 2.45) is 0 Å². The van der Waals surface area contributed by atoms with Crippen molar-refractivity contribution in [3.63, 3.8) is 0 Å². The van der Waals surface area contributed by atoms with Crippen LogP contribution in [-0.4, -0.2) is 87.7 Å². The van der Waals surface area contributed by atoms with Gasteiger partial charge in [0.1, 0.15) is 0 Å². The first-order valence-electron chi connectivity index (χ1n) is 12.7. The van der Waals surface area contributed by atoms with Gasteiger partial charge >= 0.3 is 0 Å². The van der Waals surface area contributed by atoms with Gasteiger partial charge in [-0.15, -0.1) is 0 Å². The molecule has 0 spiro atoms. The highest BCUT2D eigenvalue weighted by molar-refractivity contribution is 6.03. The van der Waals surface area contributed by atoms with Crippen LogP contribution < -0.4 is 10.2 Å². The Bertz CT molecular complexity index is 916. The van der Waals surface area contributed by atoms with Gasteiger partial charge in [-0.1, -0.05) is 31.2 Å². The fourth-order valence-electron chi connectivity index (χ4n) is 5.18. The summed E-state index contributed by atoms with van der Waals surface area (Å²) in [6.07, 6.45) is 1.46. The topological polar surface area (TPSA) is 48.1 Å². The summed E-state index contributed by atoms with van der Waals surface area (Å²) in [6, 6.07) is 17.1. The molecule has 2 heterocycles. The van der Waals surface area contributed by atoms with E-state index in [4.69, 9.17) is 4.74 Å². The Hall–Kier alpha value is -2.25. The maximum atomic E-state index is 13.9. The van der Waals surface area contributed by atoms with Gasteiger partial charge in [0.15, 0.2) is 5.78 Å². The molecule has 6 heteroatoms. The Labute approximate surface area is 204 Å². The number of hydrogen-bond acceptors (Lipinski definition) is 6. The van der Waals surface area contributed by atoms with Gasteiger partial charge in [0, 0.05) is 57.1 Å². The zero-order chi connectivity index (χ0) is 24.0. The minimum absolute atomic E-state index is 0.198. The number of rotatable bonds is 9. The number of ketones is 1. The molecule has 1 atom stereocenters. The van der Waals surface area contributed by atoms with Crippen molar-refractivity contribution in [2.75, 3.05) is 71.5 Å². The second-order valence-electron chi connectivity index (χ2n) is 9.77. The van der Waals surface area contributed by atoms with Crippen LogP contribution in [0.25, 0.3) is 0 Å². The smallest absolute Gasteiger partial charge is 0.183 e. The number of benzene rings is 2. The Morgan fingerprint density at radius 3 is 2.15 bits per heavy atom. The summed E-state index contributed by atoms with van der Waals surface area (Å²) in [5.41, 5.74) is 3.93. The number of nitrogens with zero attached hydrogens (tertiary/aromatic N) is 3. The van der Waals surface area contributed by atoms with E-state index in [9.17, 15) is 4.79 Å². The Morgan fingerprint density at radius 2 is 1.56 bits per heavy atom. The van der Waals surface area contributed by atoms with E-state index in [0.29, 0.717) is 6.42 Å². The second kappa shape index (κ2) is 11.5. The molecule has 0 aliphatic carbocycles.